The van der Waals surface area contributed by atoms with Gasteiger partial charge in [0.25, 0.3) is 0 Å². The predicted octanol–water partition coefficient (Wildman–Crippen LogP) is 7.80. The first-order chi connectivity index (χ1) is 19.9. The molecule has 0 saturated heterocycles. The summed E-state index contributed by atoms with van der Waals surface area (Å²) < 4.78 is 34.1. The molecule has 1 amide bonds. The molecule has 8 heteroatoms. The fourth-order valence-electron chi connectivity index (χ4n) is 5.27. The molecular weight excluding hydrogens is 550 g/mol. The molecule has 0 aliphatic heterocycles. The van der Waals surface area contributed by atoms with E-state index in [0.29, 0.717) is 6.42 Å². The smallest absolute Gasteiger partial charge is 0.222 e. The zero-order valence-electron chi connectivity index (χ0n) is 27.5. The third-order valence-electron chi connectivity index (χ3n) is 7.87. The first-order valence-electron chi connectivity index (χ1n) is 17.2. The SMILES string of the molecule is CC(C)CCCCCCCCC/C=C/[C@@H](O)[C@H](CS(=O)(=O)[O-])NC(=O)C[C@H](O)CCCCCCCCCCCC(C)C. The van der Waals surface area contributed by atoms with E-state index in [-0.39, 0.29) is 6.42 Å². The average Bonchev–Trinajstić information content (AvgIpc) is 2.88. The van der Waals surface area contributed by atoms with Gasteiger partial charge in [-0.15, -0.1) is 0 Å². The van der Waals surface area contributed by atoms with Gasteiger partial charge in [-0.25, -0.2) is 8.42 Å². The summed E-state index contributed by atoms with van der Waals surface area (Å²) in [5.74, 6) is 0.108. The minimum Gasteiger partial charge on any atom is -0.748 e. The Bertz CT molecular complexity index is 768. The fraction of sp³-hybridized carbons (Fsp3) is 0.912. The summed E-state index contributed by atoms with van der Waals surface area (Å²) >= 11 is 0. The molecule has 0 aromatic heterocycles. The van der Waals surface area contributed by atoms with Crippen molar-refractivity contribution < 1.29 is 28.0 Å². The Morgan fingerprint density at radius 1 is 0.690 bits per heavy atom. The van der Waals surface area contributed by atoms with Crippen LogP contribution >= 0.6 is 0 Å². The van der Waals surface area contributed by atoms with Crippen LogP contribution < -0.4 is 5.32 Å². The number of hydrogen-bond acceptors (Lipinski definition) is 6. The van der Waals surface area contributed by atoms with Crippen molar-refractivity contribution in [3.8, 4) is 0 Å². The van der Waals surface area contributed by atoms with Gasteiger partial charge in [-0.05, 0) is 31.1 Å². The van der Waals surface area contributed by atoms with Crippen LogP contribution in [-0.4, -0.2) is 53.1 Å². The lowest BCUT2D eigenvalue weighted by atomic mass is 10.0. The maximum atomic E-state index is 12.4. The van der Waals surface area contributed by atoms with Crippen LogP contribution in [0.4, 0.5) is 0 Å². The van der Waals surface area contributed by atoms with E-state index < -0.39 is 40.0 Å². The summed E-state index contributed by atoms with van der Waals surface area (Å²) in [5, 5.41) is 23.2. The number of aliphatic hydroxyl groups is 2. The standard InChI is InChI=1S/C34H67NO6S/c1-29(2)23-19-15-11-7-5-9-13-17-21-25-31(36)27-34(38)35-32(28-42(39,40)41)33(37)26-22-18-14-10-6-8-12-16-20-24-30(3)4/h22,26,29-33,36-37H,5-21,23-25,27-28H2,1-4H3,(H,35,38)(H,39,40,41)/p-1/b26-22+/t31-,32+,33-/m1/s1. The highest BCUT2D eigenvalue weighted by Crippen LogP contribution is 2.15. The number of carbonyl (C=O) groups excluding carboxylic acids is 1. The van der Waals surface area contributed by atoms with E-state index in [4.69, 9.17) is 0 Å². The fourth-order valence-corrected chi connectivity index (χ4v) is 5.99. The van der Waals surface area contributed by atoms with Gasteiger partial charge in [0.1, 0.15) is 0 Å². The topological polar surface area (TPSA) is 127 Å². The first-order valence-corrected chi connectivity index (χ1v) is 18.7. The Morgan fingerprint density at radius 2 is 1.10 bits per heavy atom. The third kappa shape index (κ3) is 29.1. The second-order valence-electron chi connectivity index (χ2n) is 13.3. The van der Waals surface area contributed by atoms with Gasteiger partial charge in [0.05, 0.1) is 40.5 Å². The Kier molecular flexibility index (Phi) is 25.8. The zero-order valence-corrected chi connectivity index (χ0v) is 28.3. The van der Waals surface area contributed by atoms with Gasteiger partial charge in [0.15, 0.2) is 0 Å². The molecule has 0 aliphatic carbocycles. The summed E-state index contributed by atoms with van der Waals surface area (Å²) in [6, 6.07) is -1.24. The number of amides is 1. The van der Waals surface area contributed by atoms with Crippen molar-refractivity contribution >= 4 is 16.0 Å². The van der Waals surface area contributed by atoms with Crippen LogP contribution in [0.5, 0.6) is 0 Å². The van der Waals surface area contributed by atoms with Gasteiger partial charge in [-0.2, -0.15) is 0 Å². The first kappa shape index (κ1) is 41.0. The van der Waals surface area contributed by atoms with Gasteiger partial charge >= 0.3 is 0 Å². The van der Waals surface area contributed by atoms with E-state index in [1.807, 2.05) is 0 Å². The summed E-state index contributed by atoms with van der Waals surface area (Å²) in [4.78, 5) is 12.4. The van der Waals surface area contributed by atoms with Crippen molar-refractivity contribution in [2.24, 2.45) is 11.8 Å². The molecule has 250 valence electrons. The molecular formula is C34H66NO6S-. The quantitative estimate of drug-likeness (QED) is 0.0447. The Hall–Kier alpha value is -0.960. The predicted molar refractivity (Wildman–Crippen MR) is 174 cm³/mol. The van der Waals surface area contributed by atoms with Gasteiger partial charge in [0.2, 0.25) is 5.91 Å². The molecule has 0 spiro atoms. The molecule has 0 saturated carbocycles. The van der Waals surface area contributed by atoms with Gasteiger partial charge in [-0.3, -0.25) is 4.79 Å². The molecule has 3 N–H and O–H groups in total. The van der Waals surface area contributed by atoms with Crippen LogP contribution in [0, 0.1) is 11.8 Å². The molecule has 0 aromatic carbocycles. The minimum absolute atomic E-state index is 0.181. The van der Waals surface area contributed by atoms with Crippen molar-refractivity contribution in [1.29, 1.82) is 0 Å². The highest BCUT2D eigenvalue weighted by Gasteiger charge is 2.23. The Morgan fingerprint density at radius 3 is 1.52 bits per heavy atom. The third-order valence-corrected chi connectivity index (χ3v) is 8.64. The van der Waals surface area contributed by atoms with Crippen molar-refractivity contribution in [3.05, 3.63) is 12.2 Å². The molecule has 0 rings (SSSR count). The van der Waals surface area contributed by atoms with Crippen molar-refractivity contribution in [2.45, 2.75) is 181 Å². The lowest BCUT2D eigenvalue weighted by Crippen LogP contribution is -2.47. The van der Waals surface area contributed by atoms with E-state index in [9.17, 15) is 28.0 Å². The second kappa shape index (κ2) is 26.4. The van der Waals surface area contributed by atoms with Crippen LogP contribution in [-0.2, 0) is 14.9 Å². The molecule has 0 bridgehead atoms. The monoisotopic (exact) mass is 616 g/mol. The number of carbonyl (C=O) groups is 1. The molecule has 0 aliphatic rings. The molecule has 0 heterocycles. The highest BCUT2D eigenvalue weighted by atomic mass is 32.2. The molecule has 0 radical (unpaired) electrons. The molecule has 0 fully saturated rings. The maximum absolute atomic E-state index is 12.4. The minimum atomic E-state index is -4.66. The van der Waals surface area contributed by atoms with Crippen molar-refractivity contribution in [1.82, 2.24) is 5.32 Å². The van der Waals surface area contributed by atoms with Crippen LogP contribution in [0.15, 0.2) is 12.2 Å². The summed E-state index contributed by atoms with van der Waals surface area (Å²) in [7, 11) is -4.66. The van der Waals surface area contributed by atoms with Crippen molar-refractivity contribution in [2.75, 3.05) is 5.75 Å². The van der Waals surface area contributed by atoms with Crippen LogP contribution in [0.2, 0.25) is 0 Å². The number of aliphatic hydroxyl groups excluding tert-OH is 2. The average molecular weight is 617 g/mol. The van der Waals surface area contributed by atoms with Crippen LogP contribution in [0.25, 0.3) is 0 Å². The Labute approximate surface area is 259 Å². The molecule has 3 atom stereocenters. The van der Waals surface area contributed by atoms with Crippen LogP contribution in [0.3, 0.4) is 0 Å². The van der Waals surface area contributed by atoms with Gasteiger partial charge in [-0.1, -0.05) is 149 Å². The highest BCUT2D eigenvalue weighted by molar-refractivity contribution is 7.85. The number of allylic oxidation sites excluding steroid dienone is 1. The van der Waals surface area contributed by atoms with Crippen LogP contribution in [0.1, 0.15) is 163 Å². The molecule has 7 nitrogen and oxygen atoms in total. The second-order valence-corrected chi connectivity index (χ2v) is 14.7. The Balaban J connectivity index is 4.17. The molecule has 42 heavy (non-hydrogen) atoms. The molecule has 0 unspecified atom stereocenters. The summed E-state index contributed by atoms with van der Waals surface area (Å²) in [6.07, 6.45) is 23.7. The lowest BCUT2D eigenvalue weighted by molar-refractivity contribution is -0.124. The van der Waals surface area contributed by atoms with E-state index in [0.717, 1.165) is 50.4 Å². The van der Waals surface area contributed by atoms with E-state index in [1.165, 1.54) is 89.5 Å². The number of nitrogens with one attached hydrogen (secondary N) is 1. The van der Waals surface area contributed by atoms with E-state index in [2.05, 4.69) is 33.0 Å². The number of hydrogen-bond donors (Lipinski definition) is 3. The summed E-state index contributed by atoms with van der Waals surface area (Å²) in [5.41, 5.74) is 0. The van der Waals surface area contributed by atoms with E-state index >= 15 is 0 Å². The van der Waals surface area contributed by atoms with Gasteiger partial charge < -0.3 is 20.1 Å². The maximum Gasteiger partial charge on any atom is 0.222 e. The number of unbranched alkanes of at least 4 members (excludes halogenated alkanes) is 15. The number of rotatable bonds is 29. The largest absolute Gasteiger partial charge is 0.748 e. The van der Waals surface area contributed by atoms with Crippen molar-refractivity contribution in [3.63, 3.8) is 0 Å². The molecule has 0 aromatic rings. The lowest BCUT2D eigenvalue weighted by Gasteiger charge is -2.24. The normalized spacial score (nSPS) is 14.6. The summed E-state index contributed by atoms with van der Waals surface area (Å²) in [6.45, 7) is 9.05. The zero-order chi connectivity index (χ0) is 31.6. The van der Waals surface area contributed by atoms with Gasteiger partial charge in [0, 0.05) is 0 Å². The van der Waals surface area contributed by atoms with E-state index in [1.54, 1.807) is 6.08 Å².